The lowest BCUT2D eigenvalue weighted by molar-refractivity contribution is -0.117. The highest BCUT2D eigenvalue weighted by Crippen LogP contribution is 2.33. The number of para-hydroxylation sites is 1. The summed E-state index contributed by atoms with van der Waals surface area (Å²) in [4.78, 5) is 12.4. The summed E-state index contributed by atoms with van der Waals surface area (Å²) in [5, 5.41) is 12.1. The van der Waals surface area contributed by atoms with E-state index in [4.69, 9.17) is 18.9 Å². The van der Waals surface area contributed by atoms with Crippen molar-refractivity contribution in [2.75, 3.05) is 21.0 Å². The van der Waals surface area contributed by atoms with Gasteiger partial charge in [0.2, 0.25) is 6.79 Å². The molecular weight excluding hydrogens is 348 g/mol. The molecular formula is C20H18N2O5. The third-order valence-electron chi connectivity index (χ3n) is 3.99. The van der Waals surface area contributed by atoms with Crippen molar-refractivity contribution in [2.24, 2.45) is 0 Å². The number of benzene rings is 2. The molecule has 0 aliphatic carbocycles. The quantitative estimate of drug-likeness (QED) is 0.624. The van der Waals surface area contributed by atoms with Crippen LogP contribution in [0.4, 0.5) is 0 Å². The van der Waals surface area contributed by atoms with E-state index in [1.165, 1.54) is 20.3 Å². The second-order valence-corrected chi connectivity index (χ2v) is 5.62. The van der Waals surface area contributed by atoms with E-state index in [1.54, 1.807) is 30.3 Å². The zero-order chi connectivity index (χ0) is 19.2. The number of amides is 1. The van der Waals surface area contributed by atoms with Crippen molar-refractivity contribution in [1.29, 1.82) is 5.26 Å². The predicted molar refractivity (Wildman–Crippen MR) is 97.5 cm³/mol. The molecule has 1 N–H and O–H groups in total. The average molecular weight is 366 g/mol. The van der Waals surface area contributed by atoms with E-state index in [0.29, 0.717) is 28.6 Å². The minimum absolute atomic E-state index is 0.0395. The Bertz CT molecular complexity index is 930. The molecule has 0 saturated heterocycles. The molecule has 0 atom stereocenters. The predicted octanol–water partition coefficient (Wildman–Crippen LogP) is 2.66. The Kier molecular flexibility index (Phi) is 5.47. The van der Waals surface area contributed by atoms with Gasteiger partial charge in [-0.1, -0.05) is 18.2 Å². The Labute approximate surface area is 156 Å². The first-order valence-corrected chi connectivity index (χ1v) is 8.15. The van der Waals surface area contributed by atoms with Crippen LogP contribution in [0.3, 0.4) is 0 Å². The Morgan fingerprint density at radius 1 is 1.22 bits per heavy atom. The van der Waals surface area contributed by atoms with Gasteiger partial charge in [0.05, 0.1) is 14.2 Å². The molecule has 1 amide bonds. The highest BCUT2D eigenvalue weighted by Gasteiger charge is 2.15. The normalized spacial score (nSPS) is 12.3. The number of fused-ring (bicyclic) bond motifs is 1. The zero-order valence-electron chi connectivity index (χ0n) is 14.9. The molecule has 1 heterocycles. The van der Waals surface area contributed by atoms with Gasteiger partial charge in [0.1, 0.15) is 11.6 Å². The van der Waals surface area contributed by atoms with Crippen molar-refractivity contribution in [1.82, 2.24) is 5.32 Å². The molecule has 0 fully saturated rings. The Morgan fingerprint density at radius 3 is 2.78 bits per heavy atom. The van der Waals surface area contributed by atoms with Gasteiger partial charge in [-0.05, 0) is 29.8 Å². The van der Waals surface area contributed by atoms with Gasteiger partial charge in [-0.25, -0.2) is 0 Å². The van der Waals surface area contributed by atoms with Crippen LogP contribution in [0, 0.1) is 11.3 Å². The summed E-state index contributed by atoms with van der Waals surface area (Å²) in [7, 11) is 3.02. The van der Waals surface area contributed by atoms with Gasteiger partial charge in [0.25, 0.3) is 5.91 Å². The van der Waals surface area contributed by atoms with E-state index in [0.717, 1.165) is 5.56 Å². The zero-order valence-corrected chi connectivity index (χ0v) is 14.9. The van der Waals surface area contributed by atoms with Crippen molar-refractivity contribution in [3.05, 3.63) is 53.1 Å². The van der Waals surface area contributed by atoms with E-state index in [2.05, 4.69) is 5.32 Å². The van der Waals surface area contributed by atoms with Crippen LogP contribution in [0.5, 0.6) is 23.0 Å². The minimum Gasteiger partial charge on any atom is -0.493 e. The number of hydrogen-bond donors (Lipinski definition) is 1. The average Bonchev–Trinajstić information content (AvgIpc) is 3.17. The van der Waals surface area contributed by atoms with Gasteiger partial charge >= 0.3 is 0 Å². The molecule has 138 valence electrons. The highest BCUT2D eigenvalue weighted by atomic mass is 16.7. The number of nitrogens with zero attached hydrogens (tertiary/aromatic N) is 1. The lowest BCUT2D eigenvalue weighted by Gasteiger charge is -2.10. The number of ether oxygens (including phenoxy) is 4. The Morgan fingerprint density at radius 2 is 2.04 bits per heavy atom. The molecule has 7 nitrogen and oxygen atoms in total. The van der Waals surface area contributed by atoms with Gasteiger partial charge < -0.3 is 24.3 Å². The topological polar surface area (TPSA) is 89.8 Å². The molecule has 0 radical (unpaired) electrons. The molecule has 2 aromatic rings. The van der Waals surface area contributed by atoms with Crippen molar-refractivity contribution >= 4 is 12.0 Å². The SMILES string of the molecule is COc1cccc(/C=C(\C#N)C(=O)NCc2ccc3c(c2)OCO3)c1OC. The summed E-state index contributed by atoms with van der Waals surface area (Å²) in [5.41, 5.74) is 1.37. The summed E-state index contributed by atoms with van der Waals surface area (Å²) >= 11 is 0. The largest absolute Gasteiger partial charge is 0.493 e. The maximum absolute atomic E-state index is 12.4. The maximum atomic E-state index is 12.4. The summed E-state index contributed by atoms with van der Waals surface area (Å²) in [5.74, 6) is 1.80. The molecule has 1 aliphatic rings. The molecule has 0 aromatic heterocycles. The van der Waals surface area contributed by atoms with Crippen LogP contribution in [-0.4, -0.2) is 26.9 Å². The van der Waals surface area contributed by atoms with Crippen molar-refractivity contribution in [2.45, 2.75) is 6.54 Å². The molecule has 2 aromatic carbocycles. The maximum Gasteiger partial charge on any atom is 0.262 e. The summed E-state index contributed by atoms with van der Waals surface area (Å²) < 4.78 is 21.1. The fraction of sp³-hybridized carbons (Fsp3) is 0.200. The lowest BCUT2D eigenvalue weighted by Crippen LogP contribution is -2.23. The summed E-state index contributed by atoms with van der Waals surface area (Å²) in [6, 6.07) is 12.6. The molecule has 7 heteroatoms. The number of rotatable bonds is 6. The second kappa shape index (κ2) is 8.15. The molecule has 0 saturated carbocycles. The van der Waals surface area contributed by atoms with Gasteiger partial charge in [-0.2, -0.15) is 5.26 Å². The molecule has 27 heavy (non-hydrogen) atoms. The van der Waals surface area contributed by atoms with Crippen LogP contribution in [0.15, 0.2) is 42.0 Å². The standard InChI is InChI=1S/C20H18N2O5/c1-24-17-5-3-4-14(19(17)25-2)9-15(10-21)20(23)22-11-13-6-7-16-18(8-13)27-12-26-16/h3-9H,11-12H2,1-2H3,(H,22,23)/b15-9+. The first-order chi connectivity index (χ1) is 13.2. The number of methoxy groups -OCH3 is 2. The first kappa shape index (κ1) is 18.1. The van der Waals surface area contributed by atoms with Crippen molar-refractivity contribution in [3.63, 3.8) is 0 Å². The second-order valence-electron chi connectivity index (χ2n) is 5.62. The highest BCUT2D eigenvalue weighted by molar-refractivity contribution is 6.02. The third-order valence-corrected chi connectivity index (χ3v) is 3.99. The lowest BCUT2D eigenvalue weighted by atomic mass is 10.1. The smallest absolute Gasteiger partial charge is 0.262 e. The monoisotopic (exact) mass is 366 g/mol. The van der Waals surface area contributed by atoms with Crippen molar-refractivity contribution < 1.29 is 23.7 Å². The van der Waals surface area contributed by atoms with E-state index in [1.807, 2.05) is 12.1 Å². The van der Waals surface area contributed by atoms with Crippen LogP contribution in [0.25, 0.3) is 6.08 Å². The van der Waals surface area contributed by atoms with E-state index >= 15 is 0 Å². The first-order valence-electron chi connectivity index (χ1n) is 8.15. The van der Waals surface area contributed by atoms with Crippen molar-refractivity contribution in [3.8, 4) is 29.1 Å². The Hall–Kier alpha value is -3.66. The molecule has 0 spiro atoms. The van der Waals surface area contributed by atoms with E-state index in [-0.39, 0.29) is 18.9 Å². The summed E-state index contributed by atoms with van der Waals surface area (Å²) in [6.45, 7) is 0.443. The number of hydrogen-bond acceptors (Lipinski definition) is 6. The molecule has 1 aliphatic heterocycles. The van der Waals surface area contributed by atoms with Crippen LogP contribution in [-0.2, 0) is 11.3 Å². The van der Waals surface area contributed by atoms with Crippen LogP contribution in [0.1, 0.15) is 11.1 Å². The molecule has 0 bridgehead atoms. The number of nitriles is 1. The van der Waals surface area contributed by atoms with Gasteiger partial charge in [-0.15, -0.1) is 0 Å². The van der Waals surface area contributed by atoms with Gasteiger partial charge in [0, 0.05) is 12.1 Å². The molecule has 0 unspecified atom stereocenters. The van der Waals surface area contributed by atoms with E-state index in [9.17, 15) is 10.1 Å². The number of carbonyl (C=O) groups is 1. The van der Waals surface area contributed by atoms with Gasteiger partial charge in [-0.3, -0.25) is 4.79 Å². The van der Waals surface area contributed by atoms with Crippen LogP contribution in [0.2, 0.25) is 0 Å². The van der Waals surface area contributed by atoms with Crippen LogP contribution < -0.4 is 24.3 Å². The summed E-state index contributed by atoms with van der Waals surface area (Å²) in [6.07, 6.45) is 1.47. The Balaban J connectivity index is 1.75. The number of carbonyl (C=O) groups excluding carboxylic acids is 1. The fourth-order valence-corrected chi connectivity index (χ4v) is 2.66. The van der Waals surface area contributed by atoms with E-state index < -0.39 is 5.91 Å². The third kappa shape index (κ3) is 3.96. The molecule has 3 rings (SSSR count). The number of nitrogens with one attached hydrogen (secondary N) is 1. The van der Waals surface area contributed by atoms with Gasteiger partial charge in [0.15, 0.2) is 23.0 Å². The fourth-order valence-electron chi connectivity index (χ4n) is 2.66. The van der Waals surface area contributed by atoms with Crippen LogP contribution >= 0.6 is 0 Å². The minimum atomic E-state index is -0.486.